The molecule has 162 valence electrons. The Hall–Kier alpha value is -3.15. The Kier molecular flexibility index (Phi) is 6.07. The quantitative estimate of drug-likeness (QED) is 0.537. The molecular formula is C25H29N3O3. The molecule has 1 saturated heterocycles. The number of hydrogen-bond donors (Lipinski definition) is 0. The summed E-state index contributed by atoms with van der Waals surface area (Å²) in [5, 5.41) is 11.3. The molecule has 0 radical (unpaired) electrons. The fourth-order valence-electron chi connectivity index (χ4n) is 4.54. The van der Waals surface area contributed by atoms with E-state index in [1.54, 1.807) is 7.11 Å². The number of fused-ring (bicyclic) bond motifs is 1. The minimum atomic E-state index is -0.292. The lowest BCUT2D eigenvalue weighted by Gasteiger charge is -2.29. The number of methoxy groups -OCH3 is 1. The highest BCUT2D eigenvalue weighted by Crippen LogP contribution is 2.39. The van der Waals surface area contributed by atoms with Crippen LogP contribution in [-0.4, -0.2) is 43.0 Å². The summed E-state index contributed by atoms with van der Waals surface area (Å²) in [7, 11) is 1.66. The molecule has 0 N–H and O–H groups in total. The summed E-state index contributed by atoms with van der Waals surface area (Å²) in [4.78, 5) is 15.1. The molecule has 2 heterocycles. The molecule has 1 fully saturated rings. The van der Waals surface area contributed by atoms with E-state index in [1.165, 1.54) is 6.42 Å². The van der Waals surface area contributed by atoms with Crippen molar-refractivity contribution in [1.29, 1.82) is 0 Å². The Balaban J connectivity index is 2.03. The SMILES string of the molecule is CCOC(=O)c1c(C)cc2c(-c3ccccc3OC)nnc(N3CCCCC3)c2c1C. The van der Waals surface area contributed by atoms with Crippen molar-refractivity contribution in [3.8, 4) is 17.0 Å². The molecule has 2 aromatic carbocycles. The minimum absolute atomic E-state index is 0.292. The lowest BCUT2D eigenvalue weighted by molar-refractivity contribution is 0.0525. The van der Waals surface area contributed by atoms with Crippen LogP contribution in [0, 0.1) is 13.8 Å². The summed E-state index contributed by atoms with van der Waals surface area (Å²) in [6.07, 6.45) is 3.49. The molecule has 6 heteroatoms. The van der Waals surface area contributed by atoms with Crippen LogP contribution >= 0.6 is 0 Å². The first-order valence-electron chi connectivity index (χ1n) is 10.9. The van der Waals surface area contributed by atoms with E-state index >= 15 is 0 Å². The predicted molar refractivity (Wildman–Crippen MR) is 123 cm³/mol. The van der Waals surface area contributed by atoms with Gasteiger partial charge in [0.2, 0.25) is 0 Å². The highest BCUT2D eigenvalue weighted by Gasteiger charge is 2.25. The Morgan fingerprint density at radius 2 is 1.84 bits per heavy atom. The molecule has 31 heavy (non-hydrogen) atoms. The minimum Gasteiger partial charge on any atom is -0.496 e. The number of esters is 1. The number of anilines is 1. The molecule has 6 nitrogen and oxygen atoms in total. The van der Waals surface area contributed by atoms with Gasteiger partial charge in [0.1, 0.15) is 11.4 Å². The van der Waals surface area contributed by atoms with Gasteiger partial charge in [-0.1, -0.05) is 12.1 Å². The fourth-order valence-corrected chi connectivity index (χ4v) is 4.54. The van der Waals surface area contributed by atoms with Crippen molar-refractivity contribution in [2.75, 3.05) is 31.7 Å². The third kappa shape index (κ3) is 3.82. The topological polar surface area (TPSA) is 64.5 Å². The zero-order chi connectivity index (χ0) is 22.0. The average Bonchev–Trinajstić information content (AvgIpc) is 2.79. The van der Waals surface area contributed by atoms with E-state index in [0.29, 0.717) is 12.2 Å². The van der Waals surface area contributed by atoms with Gasteiger partial charge in [0, 0.05) is 29.4 Å². The van der Waals surface area contributed by atoms with E-state index < -0.39 is 0 Å². The predicted octanol–water partition coefficient (Wildman–Crippen LogP) is 5.09. The molecule has 0 unspecified atom stereocenters. The number of ether oxygens (including phenoxy) is 2. The second-order valence-electron chi connectivity index (χ2n) is 7.96. The second-order valence-corrected chi connectivity index (χ2v) is 7.96. The largest absolute Gasteiger partial charge is 0.496 e. The Bertz CT molecular complexity index is 1120. The van der Waals surface area contributed by atoms with Gasteiger partial charge in [-0.25, -0.2) is 4.79 Å². The maximum Gasteiger partial charge on any atom is 0.338 e. The summed E-state index contributed by atoms with van der Waals surface area (Å²) >= 11 is 0. The number of nitrogens with zero attached hydrogens (tertiary/aromatic N) is 3. The maximum absolute atomic E-state index is 12.8. The van der Waals surface area contributed by atoms with E-state index in [9.17, 15) is 4.79 Å². The van der Waals surface area contributed by atoms with Gasteiger partial charge in [0.25, 0.3) is 0 Å². The molecule has 0 amide bonds. The van der Waals surface area contributed by atoms with E-state index in [1.807, 2.05) is 51.1 Å². The third-order valence-electron chi connectivity index (χ3n) is 6.00. The van der Waals surface area contributed by atoms with Crippen LogP contribution < -0.4 is 9.64 Å². The highest BCUT2D eigenvalue weighted by molar-refractivity contribution is 6.08. The van der Waals surface area contributed by atoms with E-state index in [4.69, 9.17) is 9.47 Å². The summed E-state index contributed by atoms with van der Waals surface area (Å²) in [5.41, 5.74) is 4.02. The zero-order valence-electron chi connectivity index (χ0n) is 18.7. The first-order chi connectivity index (χ1) is 15.1. The Morgan fingerprint density at radius 1 is 1.10 bits per heavy atom. The number of hydrogen-bond acceptors (Lipinski definition) is 6. The third-order valence-corrected chi connectivity index (χ3v) is 6.00. The first kappa shape index (κ1) is 21.1. The van der Waals surface area contributed by atoms with Crippen LogP contribution in [0.4, 0.5) is 5.82 Å². The van der Waals surface area contributed by atoms with Gasteiger partial charge in [-0.2, -0.15) is 0 Å². The number of aromatic nitrogens is 2. The normalized spacial score (nSPS) is 14.0. The van der Waals surface area contributed by atoms with Gasteiger partial charge in [-0.3, -0.25) is 0 Å². The Morgan fingerprint density at radius 3 is 2.55 bits per heavy atom. The lowest BCUT2D eigenvalue weighted by Crippen LogP contribution is -2.31. The lowest BCUT2D eigenvalue weighted by atomic mass is 9.93. The van der Waals surface area contributed by atoms with Gasteiger partial charge in [0.15, 0.2) is 5.82 Å². The fraction of sp³-hybridized carbons (Fsp3) is 0.400. The molecular weight excluding hydrogens is 390 g/mol. The van der Waals surface area contributed by atoms with Crippen molar-refractivity contribution in [2.24, 2.45) is 0 Å². The number of para-hydroxylation sites is 1. The van der Waals surface area contributed by atoms with Crippen molar-refractivity contribution in [3.05, 3.63) is 47.0 Å². The van der Waals surface area contributed by atoms with E-state index in [-0.39, 0.29) is 5.97 Å². The summed E-state index contributed by atoms with van der Waals surface area (Å²) in [5.74, 6) is 1.30. The van der Waals surface area contributed by atoms with Crippen LogP contribution in [0.1, 0.15) is 47.7 Å². The molecule has 0 spiro atoms. The van der Waals surface area contributed by atoms with Crippen molar-refractivity contribution in [3.63, 3.8) is 0 Å². The molecule has 0 saturated carbocycles. The van der Waals surface area contributed by atoms with Crippen molar-refractivity contribution in [1.82, 2.24) is 10.2 Å². The molecule has 1 aliphatic rings. The van der Waals surface area contributed by atoms with Crippen LogP contribution in [0.25, 0.3) is 22.0 Å². The summed E-state index contributed by atoms with van der Waals surface area (Å²) in [6, 6.07) is 9.87. The van der Waals surface area contributed by atoms with Crippen LogP contribution in [0.15, 0.2) is 30.3 Å². The standard InChI is InChI=1S/C25H29N3O3/c1-5-31-25(29)21-16(2)15-19-22(17(21)3)24(28-13-9-6-10-14-28)27-26-23(19)18-11-7-8-12-20(18)30-4/h7-8,11-12,15H,5-6,9-10,13-14H2,1-4H3. The van der Waals surface area contributed by atoms with Crippen LogP contribution in [0.3, 0.4) is 0 Å². The maximum atomic E-state index is 12.8. The monoisotopic (exact) mass is 419 g/mol. The van der Waals surface area contributed by atoms with Gasteiger partial charge in [-0.05, 0) is 69.4 Å². The number of rotatable bonds is 5. The second kappa shape index (κ2) is 8.92. The number of carbonyl (C=O) groups is 1. The summed E-state index contributed by atoms with van der Waals surface area (Å²) < 4.78 is 11.0. The van der Waals surface area contributed by atoms with Crippen LogP contribution in [0.2, 0.25) is 0 Å². The van der Waals surface area contributed by atoms with Crippen molar-refractivity contribution < 1.29 is 14.3 Å². The number of aryl methyl sites for hydroxylation is 2. The zero-order valence-corrected chi connectivity index (χ0v) is 18.7. The average molecular weight is 420 g/mol. The number of carbonyl (C=O) groups excluding carboxylic acids is 1. The molecule has 1 aromatic heterocycles. The Labute approximate surface area is 183 Å². The first-order valence-corrected chi connectivity index (χ1v) is 10.9. The molecule has 0 bridgehead atoms. The molecule has 0 aliphatic carbocycles. The highest BCUT2D eigenvalue weighted by atomic mass is 16.5. The van der Waals surface area contributed by atoms with Gasteiger partial charge >= 0.3 is 5.97 Å². The van der Waals surface area contributed by atoms with Crippen molar-refractivity contribution >= 4 is 22.6 Å². The number of piperidine rings is 1. The molecule has 1 aliphatic heterocycles. The molecule has 0 atom stereocenters. The van der Waals surface area contributed by atoms with Crippen molar-refractivity contribution in [2.45, 2.75) is 40.0 Å². The molecule has 4 rings (SSSR count). The molecule has 3 aromatic rings. The number of benzene rings is 2. The smallest absolute Gasteiger partial charge is 0.338 e. The van der Waals surface area contributed by atoms with Gasteiger partial charge in [-0.15, -0.1) is 10.2 Å². The van der Waals surface area contributed by atoms with E-state index in [0.717, 1.165) is 70.7 Å². The van der Waals surface area contributed by atoms with Crippen LogP contribution in [-0.2, 0) is 4.74 Å². The van der Waals surface area contributed by atoms with Gasteiger partial charge in [0.05, 0.1) is 19.3 Å². The van der Waals surface area contributed by atoms with Crippen LogP contribution in [0.5, 0.6) is 5.75 Å². The van der Waals surface area contributed by atoms with Gasteiger partial charge < -0.3 is 14.4 Å². The van der Waals surface area contributed by atoms with E-state index in [2.05, 4.69) is 15.1 Å². The summed E-state index contributed by atoms with van der Waals surface area (Å²) in [6.45, 7) is 8.00.